The smallest absolute Gasteiger partial charge is 0.332 e. The highest BCUT2D eigenvalue weighted by molar-refractivity contribution is 5.98. The molecule has 3 aromatic rings. The molecule has 1 aliphatic heterocycles. The summed E-state index contributed by atoms with van der Waals surface area (Å²) in [6.07, 6.45) is -0.921. The van der Waals surface area contributed by atoms with Crippen molar-refractivity contribution in [3.63, 3.8) is 0 Å². The number of esters is 3. The third-order valence-corrected chi connectivity index (χ3v) is 6.53. The van der Waals surface area contributed by atoms with E-state index in [2.05, 4.69) is 10.3 Å². The molecule has 4 atom stereocenters. The van der Waals surface area contributed by atoms with Gasteiger partial charge in [0.25, 0.3) is 5.91 Å². The van der Waals surface area contributed by atoms with Crippen molar-refractivity contribution in [3.05, 3.63) is 89.7 Å². The Labute approximate surface area is 236 Å². The van der Waals surface area contributed by atoms with Crippen LogP contribution < -0.4 is 10.1 Å². The van der Waals surface area contributed by atoms with Gasteiger partial charge in [-0.2, -0.15) is 0 Å². The summed E-state index contributed by atoms with van der Waals surface area (Å²) in [4.78, 5) is 56.2. The Morgan fingerprint density at radius 2 is 1.66 bits per heavy atom. The van der Waals surface area contributed by atoms with Crippen molar-refractivity contribution in [2.75, 3.05) is 13.7 Å². The molecule has 2 aromatic carbocycles. The van der Waals surface area contributed by atoms with Crippen LogP contribution in [-0.4, -0.2) is 65.9 Å². The number of cyclic esters (lactones) is 2. The summed E-state index contributed by atoms with van der Waals surface area (Å²) >= 11 is 0. The van der Waals surface area contributed by atoms with Gasteiger partial charge in [-0.15, -0.1) is 0 Å². The lowest BCUT2D eigenvalue weighted by Gasteiger charge is -2.29. The fraction of sp³-hybridized carbons (Fsp3) is 0.300. The van der Waals surface area contributed by atoms with Crippen LogP contribution in [0.3, 0.4) is 0 Å². The van der Waals surface area contributed by atoms with Crippen LogP contribution >= 0.6 is 0 Å². The van der Waals surface area contributed by atoms with E-state index in [4.69, 9.17) is 18.9 Å². The monoisotopic (exact) mass is 562 g/mol. The lowest BCUT2D eigenvalue weighted by atomic mass is 9.91. The molecule has 0 spiro atoms. The topological polar surface area (TPSA) is 150 Å². The number of nitrogens with zero attached hydrogens (tertiary/aromatic N) is 1. The fourth-order valence-electron chi connectivity index (χ4n) is 4.43. The number of amides is 1. The van der Waals surface area contributed by atoms with Crippen LogP contribution in [0, 0.1) is 5.92 Å². The molecule has 2 heterocycles. The predicted molar refractivity (Wildman–Crippen MR) is 144 cm³/mol. The van der Waals surface area contributed by atoms with Crippen molar-refractivity contribution in [1.29, 1.82) is 0 Å². The summed E-state index contributed by atoms with van der Waals surface area (Å²) in [7, 11) is 1.31. The Balaban J connectivity index is 1.57. The zero-order chi connectivity index (χ0) is 29.4. The average Bonchev–Trinajstić information content (AvgIpc) is 3.00. The van der Waals surface area contributed by atoms with Gasteiger partial charge in [-0.3, -0.25) is 14.4 Å². The molecular formula is C30H30N2O9. The van der Waals surface area contributed by atoms with Gasteiger partial charge in [0, 0.05) is 12.3 Å². The van der Waals surface area contributed by atoms with E-state index in [1.165, 1.54) is 26.3 Å². The van der Waals surface area contributed by atoms with E-state index in [1.54, 1.807) is 24.3 Å². The van der Waals surface area contributed by atoms with Crippen LogP contribution in [0.2, 0.25) is 0 Å². The van der Waals surface area contributed by atoms with Crippen LogP contribution in [0.5, 0.6) is 11.5 Å². The minimum atomic E-state index is -1.43. The molecule has 0 aliphatic carbocycles. The van der Waals surface area contributed by atoms with E-state index in [0.717, 1.165) is 5.56 Å². The van der Waals surface area contributed by atoms with Gasteiger partial charge in [-0.05, 0) is 24.5 Å². The fourth-order valence-corrected chi connectivity index (χ4v) is 4.43. The van der Waals surface area contributed by atoms with E-state index >= 15 is 0 Å². The molecule has 2 N–H and O–H groups in total. The first-order valence-corrected chi connectivity index (χ1v) is 12.9. The minimum absolute atomic E-state index is 0.00570. The van der Waals surface area contributed by atoms with Crippen LogP contribution in [0.4, 0.5) is 0 Å². The second kappa shape index (κ2) is 13.4. The van der Waals surface area contributed by atoms with E-state index in [-0.39, 0.29) is 18.6 Å². The molecule has 1 aliphatic rings. The number of aromatic hydroxyl groups is 1. The number of nitrogens with one attached hydrogen (secondary N) is 1. The number of carbonyl (C=O) groups is 4. The van der Waals surface area contributed by atoms with Gasteiger partial charge in [0.2, 0.25) is 0 Å². The minimum Gasteiger partial charge on any atom is -0.503 e. The second-order valence-corrected chi connectivity index (χ2v) is 9.42. The standard InChI is InChI=1S/C30H30N2O9/c1-18-27(41-24(33)16-20-11-7-4-8-12-20)21(15-19-9-5-3-6-10-19)29(36)39-17-22(30(37)40-18)32-28(35)25-26(34)23(38-2)13-14-31-25/h3-14,18,21-22,27,34H,15-17H2,1-2H3,(H,32,35)/t18-,21+,22-,27-/m0/s1. The van der Waals surface area contributed by atoms with Gasteiger partial charge in [-0.25, -0.2) is 9.78 Å². The summed E-state index contributed by atoms with van der Waals surface area (Å²) in [5, 5.41) is 12.7. The first kappa shape index (κ1) is 29.1. The quantitative estimate of drug-likeness (QED) is 0.309. The Bertz CT molecular complexity index is 1380. The first-order valence-electron chi connectivity index (χ1n) is 12.9. The molecule has 11 heteroatoms. The molecule has 41 heavy (non-hydrogen) atoms. The molecule has 1 amide bonds. The first-order chi connectivity index (χ1) is 19.8. The Hall–Kier alpha value is -4.93. The molecule has 0 unspecified atom stereocenters. The van der Waals surface area contributed by atoms with E-state index in [1.807, 2.05) is 36.4 Å². The maximum atomic E-state index is 13.4. The SMILES string of the molecule is COc1ccnc(C(=O)N[C@H]2COC(=O)[C@H](Cc3ccccc3)[C@@H](OC(=O)Cc3ccccc3)[C@H](C)OC2=O)c1O. The van der Waals surface area contributed by atoms with Gasteiger partial charge in [0.05, 0.1) is 13.5 Å². The lowest BCUT2D eigenvalue weighted by Crippen LogP contribution is -2.46. The summed E-state index contributed by atoms with van der Waals surface area (Å²) < 4.78 is 21.8. The number of carbonyl (C=O) groups excluding carboxylic acids is 4. The van der Waals surface area contributed by atoms with Crippen LogP contribution in [-0.2, 0) is 41.4 Å². The highest BCUT2D eigenvalue weighted by Crippen LogP contribution is 2.28. The average molecular weight is 563 g/mol. The van der Waals surface area contributed by atoms with Crippen LogP contribution in [0.15, 0.2) is 72.9 Å². The van der Waals surface area contributed by atoms with Crippen molar-refractivity contribution in [2.24, 2.45) is 5.92 Å². The number of ether oxygens (including phenoxy) is 4. The van der Waals surface area contributed by atoms with E-state index in [0.29, 0.717) is 5.56 Å². The molecule has 214 valence electrons. The second-order valence-electron chi connectivity index (χ2n) is 9.42. The van der Waals surface area contributed by atoms with Gasteiger partial charge in [0.15, 0.2) is 29.3 Å². The Morgan fingerprint density at radius 1 is 1.00 bits per heavy atom. The molecule has 0 bridgehead atoms. The van der Waals surface area contributed by atoms with Crippen molar-refractivity contribution in [1.82, 2.24) is 10.3 Å². The number of pyridine rings is 1. The Kier molecular flexibility index (Phi) is 9.51. The predicted octanol–water partition coefficient (Wildman–Crippen LogP) is 2.40. The molecule has 1 fully saturated rings. The molecule has 1 aromatic heterocycles. The maximum absolute atomic E-state index is 13.4. The third-order valence-electron chi connectivity index (χ3n) is 6.53. The van der Waals surface area contributed by atoms with Crippen molar-refractivity contribution in [3.8, 4) is 11.5 Å². The van der Waals surface area contributed by atoms with E-state index in [9.17, 15) is 24.3 Å². The highest BCUT2D eigenvalue weighted by atomic mass is 16.6. The number of hydrogen-bond donors (Lipinski definition) is 2. The molecule has 0 radical (unpaired) electrons. The van der Waals surface area contributed by atoms with Crippen molar-refractivity contribution >= 4 is 23.8 Å². The normalized spacial score (nSPS) is 20.8. The number of hydrogen-bond acceptors (Lipinski definition) is 10. The molecule has 4 rings (SSSR count). The molecular weight excluding hydrogens is 532 g/mol. The van der Waals surface area contributed by atoms with Crippen molar-refractivity contribution < 1.29 is 43.2 Å². The lowest BCUT2D eigenvalue weighted by molar-refractivity contribution is -0.174. The van der Waals surface area contributed by atoms with Gasteiger partial charge in [-0.1, -0.05) is 60.7 Å². The van der Waals surface area contributed by atoms with Gasteiger partial charge >= 0.3 is 17.9 Å². The number of methoxy groups -OCH3 is 1. The van der Waals surface area contributed by atoms with E-state index < -0.39 is 66.0 Å². The maximum Gasteiger partial charge on any atom is 0.332 e. The largest absolute Gasteiger partial charge is 0.503 e. The van der Waals surface area contributed by atoms with Crippen LogP contribution in [0.1, 0.15) is 28.5 Å². The summed E-state index contributed by atoms with van der Waals surface area (Å²) in [6.45, 7) is 0.945. The Morgan fingerprint density at radius 3 is 2.32 bits per heavy atom. The highest BCUT2D eigenvalue weighted by Gasteiger charge is 2.42. The van der Waals surface area contributed by atoms with Gasteiger partial charge < -0.3 is 29.4 Å². The third kappa shape index (κ3) is 7.38. The number of aromatic nitrogens is 1. The van der Waals surface area contributed by atoms with Crippen molar-refractivity contribution in [2.45, 2.75) is 38.0 Å². The summed E-state index contributed by atoms with van der Waals surface area (Å²) in [6, 6.07) is 17.9. The van der Waals surface area contributed by atoms with Crippen LogP contribution in [0.25, 0.3) is 0 Å². The van der Waals surface area contributed by atoms with Gasteiger partial charge in [0.1, 0.15) is 18.6 Å². The summed E-state index contributed by atoms with van der Waals surface area (Å²) in [5.41, 5.74) is 1.09. The zero-order valence-corrected chi connectivity index (χ0v) is 22.5. The number of benzene rings is 2. The molecule has 1 saturated heterocycles. The number of rotatable bonds is 8. The molecule has 0 saturated carbocycles. The molecule has 11 nitrogen and oxygen atoms in total. The zero-order valence-electron chi connectivity index (χ0n) is 22.5. The summed E-state index contributed by atoms with van der Waals surface area (Å²) in [5.74, 6) is -4.73.